The zero-order valence-electron chi connectivity index (χ0n) is 13.4. The molecule has 1 aromatic rings. The number of aliphatic imine (C=N–C) groups is 1. The van der Waals surface area contributed by atoms with Crippen LogP contribution >= 0.6 is 0 Å². The number of hydrogen-bond acceptors (Lipinski definition) is 2. The van der Waals surface area contributed by atoms with Crippen molar-refractivity contribution in [3.63, 3.8) is 0 Å². The van der Waals surface area contributed by atoms with E-state index in [1.54, 1.807) is 0 Å². The van der Waals surface area contributed by atoms with Gasteiger partial charge in [0.2, 0.25) is 0 Å². The zero-order valence-corrected chi connectivity index (χ0v) is 13.4. The third-order valence-electron chi connectivity index (χ3n) is 3.91. The molecule has 0 aliphatic carbocycles. The molecule has 0 aromatic heterocycles. The summed E-state index contributed by atoms with van der Waals surface area (Å²) in [5.41, 5.74) is 2.58. The van der Waals surface area contributed by atoms with E-state index in [2.05, 4.69) is 55.4 Å². The van der Waals surface area contributed by atoms with Crippen molar-refractivity contribution in [3.8, 4) is 0 Å². The maximum absolute atomic E-state index is 5.46. The van der Waals surface area contributed by atoms with Gasteiger partial charge in [-0.2, -0.15) is 0 Å². The van der Waals surface area contributed by atoms with Crippen molar-refractivity contribution in [3.05, 3.63) is 35.4 Å². The standard InChI is InChI=1S/C17H27N3O/c1-4-18-17(20(3)12-15-9-10-21-13-15)19-11-16-8-6-5-7-14(16)2/h5-8,15H,4,9-13H2,1-3H3,(H,18,19). The van der Waals surface area contributed by atoms with E-state index < -0.39 is 0 Å². The molecule has 21 heavy (non-hydrogen) atoms. The first-order valence-electron chi connectivity index (χ1n) is 7.82. The number of guanidine groups is 1. The Morgan fingerprint density at radius 1 is 1.43 bits per heavy atom. The fourth-order valence-corrected chi connectivity index (χ4v) is 2.62. The second kappa shape index (κ2) is 8.03. The van der Waals surface area contributed by atoms with Gasteiger partial charge in [0.15, 0.2) is 5.96 Å². The first kappa shape index (κ1) is 15.8. The number of rotatable bonds is 5. The average Bonchev–Trinajstić information content (AvgIpc) is 2.97. The van der Waals surface area contributed by atoms with Gasteiger partial charge in [-0.1, -0.05) is 24.3 Å². The van der Waals surface area contributed by atoms with Crippen LogP contribution in [0.2, 0.25) is 0 Å². The lowest BCUT2D eigenvalue weighted by atomic mass is 10.1. The number of benzene rings is 1. The Morgan fingerprint density at radius 2 is 2.24 bits per heavy atom. The largest absolute Gasteiger partial charge is 0.381 e. The lowest BCUT2D eigenvalue weighted by molar-refractivity contribution is 0.181. The molecule has 4 nitrogen and oxygen atoms in total. The molecule has 1 saturated heterocycles. The predicted octanol–water partition coefficient (Wildman–Crippen LogP) is 2.43. The van der Waals surface area contributed by atoms with E-state index in [9.17, 15) is 0 Å². The predicted molar refractivity (Wildman–Crippen MR) is 87.6 cm³/mol. The number of nitrogens with zero attached hydrogens (tertiary/aromatic N) is 2. The van der Waals surface area contributed by atoms with Gasteiger partial charge in [0.25, 0.3) is 0 Å². The molecule has 0 bridgehead atoms. The minimum atomic E-state index is 0.623. The van der Waals surface area contributed by atoms with Gasteiger partial charge in [-0.05, 0) is 31.4 Å². The van der Waals surface area contributed by atoms with Crippen LogP contribution < -0.4 is 5.32 Å². The van der Waals surface area contributed by atoms with Gasteiger partial charge >= 0.3 is 0 Å². The van der Waals surface area contributed by atoms with E-state index in [1.807, 2.05) is 0 Å². The summed E-state index contributed by atoms with van der Waals surface area (Å²) in [4.78, 5) is 7.00. The maximum Gasteiger partial charge on any atom is 0.193 e. The van der Waals surface area contributed by atoms with E-state index in [0.29, 0.717) is 5.92 Å². The van der Waals surface area contributed by atoms with Gasteiger partial charge < -0.3 is 15.0 Å². The molecule has 1 heterocycles. The topological polar surface area (TPSA) is 36.9 Å². The second-order valence-corrected chi connectivity index (χ2v) is 5.71. The van der Waals surface area contributed by atoms with Crippen LogP contribution in [0.25, 0.3) is 0 Å². The minimum absolute atomic E-state index is 0.623. The van der Waals surface area contributed by atoms with Crippen molar-refractivity contribution in [2.45, 2.75) is 26.8 Å². The van der Waals surface area contributed by atoms with Crippen molar-refractivity contribution < 1.29 is 4.74 Å². The van der Waals surface area contributed by atoms with Crippen molar-refractivity contribution in [1.82, 2.24) is 10.2 Å². The Balaban J connectivity index is 1.99. The third kappa shape index (κ3) is 4.74. The fraction of sp³-hybridized carbons (Fsp3) is 0.588. The van der Waals surface area contributed by atoms with Crippen LogP contribution in [0.15, 0.2) is 29.3 Å². The monoisotopic (exact) mass is 289 g/mol. The maximum atomic E-state index is 5.46. The van der Waals surface area contributed by atoms with E-state index in [0.717, 1.165) is 45.2 Å². The van der Waals surface area contributed by atoms with E-state index in [1.165, 1.54) is 11.1 Å². The summed E-state index contributed by atoms with van der Waals surface area (Å²) >= 11 is 0. The molecule has 1 aliphatic rings. The highest BCUT2D eigenvalue weighted by Gasteiger charge is 2.19. The molecule has 1 fully saturated rings. The van der Waals surface area contributed by atoms with Crippen LogP contribution in [0.1, 0.15) is 24.5 Å². The van der Waals surface area contributed by atoms with Crippen LogP contribution in [-0.4, -0.2) is 44.2 Å². The molecular formula is C17H27N3O. The summed E-state index contributed by atoms with van der Waals surface area (Å²) in [5, 5.41) is 3.38. The zero-order chi connectivity index (χ0) is 15.1. The third-order valence-corrected chi connectivity index (χ3v) is 3.91. The van der Waals surface area contributed by atoms with Gasteiger partial charge in [0, 0.05) is 32.7 Å². The first-order chi connectivity index (χ1) is 10.2. The smallest absolute Gasteiger partial charge is 0.193 e. The Bertz CT molecular complexity index is 467. The molecule has 1 N–H and O–H groups in total. The molecule has 116 valence electrons. The van der Waals surface area contributed by atoms with E-state index in [4.69, 9.17) is 9.73 Å². The highest BCUT2D eigenvalue weighted by Crippen LogP contribution is 2.13. The molecule has 1 unspecified atom stereocenters. The van der Waals surface area contributed by atoms with Crippen molar-refractivity contribution in [2.24, 2.45) is 10.9 Å². The number of ether oxygens (including phenoxy) is 1. The molecule has 1 atom stereocenters. The van der Waals surface area contributed by atoms with Crippen molar-refractivity contribution in [2.75, 3.05) is 33.4 Å². The summed E-state index contributed by atoms with van der Waals surface area (Å²) in [5.74, 6) is 1.60. The SMILES string of the molecule is CCNC(=NCc1ccccc1C)N(C)CC1CCOC1. The Kier molecular flexibility index (Phi) is 6.05. The van der Waals surface area contributed by atoms with E-state index in [-0.39, 0.29) is 0 Å². The number of aryl methyl sites for hydroxylation is 1. The summed E-state index contributed by atoms with van der Waals surface area (Å²) in [6, 6.07) is 8.43. The molecule has 0 spiro atoms. The Hall–Kier alpha value is -1.55. The van der Waals surface area contributed by atoms with Gasteiger partial charge in [-0.3, -0.25) is 0 Å². The molecule has 1 aromatic carbocycles. The summed E-state index contributed by atoms with van der Waals surface area (Å²) in [6.45, 7) is 8.63. The van der Waals surface area contributed by atoms with Crippen molar-refractivity contribution >= 4 is 5.96 Å². The number of hydrogen-bond donors (Lipinski definition) is 1. The Labute approximate surface area is 128 Å². The number of nitrogens with one attached hydrogen (secondary N) is 1. The van der Waals surface area contributed by atoms with Gasteiger partial charge in [0.05, 0.1) is 13.2 Å². The summed E-state index contributed by atoms with van der Waals surface area (Å²) < 4.78 is 5.46. The van der Waals surface area contributed by atoms with Crippen LogP contribution in [0, 0.1) is 12.8 Å². The second-order valence-electron chi connectivity index (χ2n) is 5.71. The molecular weight excluding hydrogens is 262 g/mol. The van der Waals surface area contributed by atoms with Crippen LogP contribution in [0.3, 0.4) is 0 Å². The van der Waals surface area contributed by atoms with Crippen molar-refractivity contribution in [1.29, 1.82) is 0 Å². The molecule has 4 heteroatoms. The van der Waals surface area contributed by atoms with Crippen LogP contribution in [0.4, 0.5) is 0 Å². The van der Waals surface area contributed by atoms with Crippen LogP contribution in [0.5, 0.6) is 0 Å². The lowest BCUT2D eigenvalue weighted by Crippen LogP contribution is -2.41. The highest BCUT2D eigenvalue weighted by atomic mass is 16.5. The van der Waals surface area contributed by atoms with E-state index >= 15 is 0 Å². The lowest BCUT2D eigenvalue weighted by Gasteiger charge is -2.24. The highest BCUT2D eigenvalue weighted by molar-refractivity contribution is 5.79. The summed E-state index contributed by atoms with van der Waals surface area (Å²) in [7, 11) is 2.11. The van der Waals surface area contributed by atoms with Gasteiger partial charge in [-0.15, -0.1) is 0 Å². The fourth-order valence-electron chi connectivity index (χ4n) is 2.62. The summed E-state index contributed by atoms with van der Waals surface area (Å²) in [6.07, 6.45) is 1.15. The molecule has 1 aliphatic heterocycles. The molecule has 0 saturated carbocycles. The van der Waals surface area contributed by atoms with Gasteiger partial charge in [-0.25, -0.2) is 4.99 Å². The first-order valence-corrected chi connectivity index (χ1v) is 7.82. The van der Waals surface area contributed by atoms with Crippen LogP contribution in [-0.2, 0) is 11.3 Å². The molecule has 0 radical (unpaired) electrons. The minimum Gasteiger partial charge on any atom is -0.381 e. The average molecular weight is 289 g/mol. The normalized spacial score (nSPS) is 18.8. The quantitative estimate of drug-likeness (QED) is 0.668. The Morgan fingerprint density at radius 3 is 2.90 bits per heavy atom. The van der Waals surface area contributed by atoms with Gasteiger partial charge in [0.1, 0.15) is 0 Å². The molecule has 0 amide bonds. The molecule has 2 rings (SSSR count).